The maximum absolute atomic E-state index is 15.0. The SMILES string of the molecule is CC(C)Oc1ccc(-c2nn(C(C)c3cc4ccc(F)cc4c(=O)n3-c3cccc(F)c3)c3ncnc(N)c23)cc1F. The first kappa shape index (κ1) is 27.0. The van der Waals surface area contributed by atoms with Gasteiger partial charge < -0.3 is 10.5 Å². The highest BCUT2D eigenvalue weighted by Crippen LogP contribution is 2.35. The molecule has 0 saturated heterocycles. The first-order valence-corrected chi connectivity index (χ1v) is 13.2. The van der Waals surface area contributed by atoms with Crippen molar-refractivity contribution in [2.75, 3.05) is 5.73 Å². The maximum atomic E-state index is 15.0. The molecule has 0 spiro atoms. The van der Waals surface area contributed by atoms with Crippen LogP contribution < -0.4 is 16.0 Å². The predicted octanol–water partition coefficient (Wildman–Crippen LogP) is 6.19. The number of nitrogen functional groups attached to an aromatic ring is 1. The van der Waals surface area contributed by atoms with E-state index in [9.17, 15) is 13.6 Å². The molecular weight excluding hydrogens is 545 g/mol. The monoisotopic (exact) mass is 570 g/mol. The summed E-state index contributed by atoms with van der Waals surface area (Å²) in [5, 5.41) is 5.80. The fourth-order valence-electron chi connectivity index (χ4n) is 5.08. The third-order valence-corrected chi connectivity index (χ3v) is 6.96. The van der Waals surface area contributed by atoms with E-state index in [1.54, 1.807) is 43.7 Å². The van der Waals surface area contributed by atoms with Gasteiger partial charge in [0.25, 0.3) is 5.56 Å². The van der Waals surface area contributed by atoms with Gasteiger partial charge in [-0.2, -0.15) is 5.10 Å². The van der Waals surface area contributed by atoms with Gasteiger partial charge in [0.15, 0.2) is 17.2 Å². The van der Waals surface area contributed by atoms with E-state index in [0.717, 1.165) is 6.07 Å². The van der Waals surface area contributed by atoms with Crippen LogP contribution in [0.5, 0.6) is 5.75 Å². The number of anilines is 1. The molecule has 3 heterocycles. The van der Waals surface area contributed by atoms with Gasteiger partial charge in [-0.05, 0) is 80.8 Å². The number of hydrogen-bond acceptors (Lipinski definition) is 6. The van der Waals surface area contributed by atoms with Crippen LogP contribution in [0.4, 0.5) is 19.0 Å². The van der Waals surface area contributed by atoms with Gasteiger partial charge in [0.2, 0.25) is 0 Å². The number of ether oxygens (including phenoxy) is 1. The number of hydrogen-bond donors (Lipinski definition) is 1. The number of pyridine rings is 1. The van der Waals surface area contributed by atoms with Crippen molar-refractivity contribution >= 4 is 27.6 Å². The third-order valence-electron chi connectivity index (χ3n) is 6.96. The molecule has 2 N–H and O–H groups in total. The Morgan fingerprint density at radius 1 is 0.905 bits per heavy atom. The molecule has 0 radical (unpaired) electrons. The zero-order valence-corrected chi connectivity index (χ0v) is 22.8. The van der Waals surface area contributed by atoms with Gasteiger partial charge >= 0.3 is 0 Å². The van der Waals surface area contributed by atoms with Crippen molar-refractivity contribution < 1.29 is 17.9 Å². The number of fused-ring (bicyclic) bond motifs is 2. The summed E-state index contributed by atoms with van der Waals surface area (Å²) in [5.74, 6) is -1.46. The molecule has 8 nitrogen and oxygen atoms in total. The fraction of sp³-hybridized carbons (Fsp3) is 0.161. The molecule has 1 atom stereocenters. The van der Waals surface area contributed by atoms with Crippen molar-refractivity contribution in [3.05, 3.63) is 107 Å². The first-order valence-electron chi connectivity index (χ1n) is 13.2. The third kappa shape index (κ3) is 4.62. The second-order valence-corrected chi connectivity index (χ2v) is 10.2. The summed E-state index contributed by atoms with van der Waals surface area (Å²) < 4.78 is 51.9. The van der Waals surface area contributed by atoms with Gasteiger partial charge in [0, 0.05) is 5.56 Å². The van der Waals surface area contributed by atoms with Crippen molar-refractivity contribution in [3.8, 4) is 22.7 Å². The fourth-order valence-corrected chi connectivity index (χ4v) is 5.08. The standard InChI is InChI=1S/C31H25F3N6O2/c1-16(2)42-26-10-8-19(11-24(26)34)28-27-29(35)36-15-37-30(27)40(38-28)17(3)25-12-18-7-9-21(33)14-23(18)31(41)39(25)22-6-4-5-20(32)13-22/h4-17H,1-3H3,(H2,35,36,37). The van der Waals surface area contributed by atoms with Gasteiger partial charge in [0.05, 0.1) is 34.3 Å². The van der Waals surface area contributed by atoms with Gasteiger partial charge in [-0.1, -0.05) is 12.1 Å². The summed E-state index contributed by atoms with van der Waals surface area (Å²) in [5.41, 5.74) is 7.49. The lowest BCUT2D eigenvalue weighted by Gasteiger charge is -2.21. The van der Waals surface area contributed by atoms with Crippen LogP contribution in [0.3, 0.4) is 0 Å². The lowest BCUT2D eigenvalue weighted by Crippen LogP contribution is -2.26. The van der Waals surface area contributed by atoms with E-state index in [1.807, 2.05) is 0 Å². The summed E-state index contributed by atoms with van der Waals surface area (Å²) in [6.07, 6.45) is 1.07. The van der Waals surface area contributed by atoms with Crippen LogP contribution in [0.25, 0.3) is 38.8 Å². The van der Waals surface area contributed by atoms with Crippen molar-refractivity contribution in [2.24, 2.45) is 0 Å². The minimum absolute atomic E-state index is 0.0989. The molecule has 1 unspecified atom stereocenters. The Labute approximate surface area is 237 Å². The summed E-state index contributed by atoms with van der Waals surface area (Å²) in [6.45, 7) is 5.39. The van der Waals surface area contributed by atoms with E-state index in [4.69, 9.17) is 15.6 Å². The lowest BCUT2D eigenvalue weighted by molar-refractivity contribution is 0.231. The van der Waals surface area contributed by atoms with E-state index < -0.39 is 29.1 Å². The molecule has 6 aromatic rings. The number of nitrogens with zero attached hydrogens (tertiary/aromatic N) is 5. The second-order valence-electron chi connectivity index (χ2n) is 10.2. The van der Waals surface area contributed by atoms with Crippen LogP contribution in [0, 0.1) is 17.5 Å². The van der Waals surface area contributed by atoms with Gasteiger partial charge in [0.1, 0.15) is 29.5 Å². The van der Waals surface area contributed by atoms with Crippen LogP contribution >= 0.6 is 0 Å². The largest absolute Gasteiger partial charge is 0.488 e. The molecular formula is C31H25F3N6O2. The average Bonchev–Trinajstić information content (AvgIpc) is 3.35. The van der Waals surface area contributed by atoms with E-state index >= 15 is 4.39 Å². The molecule has 0 aliphatic heterocycles. The Hall–Kier alpha value is -5.19. The van der Waals surface area contributed by atoms with E-state index in [1.165, 1.54) is 53.4 Å². The van der Waals surface area contributed by atoms with Crippen molar-refractivity contribution in [2.45, 2.75) is 32.9 Å². The van der Waals surface area contributed by atoms with E-state index in [0.29, 0.717) is 33.4 Å². The highest BCUT2D eigenvalue weighted by Gasteiger charge is 2.25. The molecule has 212 valence electrons. The molecule has 0 saturated carbocycles. The first-order chi connectivity index (χ1) is 20.1. The highest BCUT2D eigenvalue weighted by molar-refractivity contribution is 5.98. The number of aromatic nitrogens is 5. The number of benzene rings is 3. The Balaban J connectivity index is 1.59. The van der Waals surface area contributed by atoms with Gasteiger partial charge in [-0.15, -0.1) is 0 Å². The minimum atomic E-state index is -0.686. The number of halogens is 3. The van der Waals surface area contributed by atoms with Gasteiger partial charge in [-0.25, -0.2) is 27.8 Å². The van der Waals surface area contributed by atoms with Crippen LogP contribution in [0.15, 0.2) is 77.9 Å². The predicted molar refractivity (Wildman–Crippen MR) is 154 cm³/mol. The smallest absolute Gasteiger partial charge is 0.263 e. The number of rotatable bonds is 6. The lowest BCUT2D eigenvalue weighted by atomic mass is 10.1. The van der Waals surface area contributed by atoms with Crippen molar-refractivity contribution in [1.29, 1.82) is 0 Å². The van der Waals surface area contributed by atoms with Crippen LogP contribution in [-0.4, -0.2) is 30.4 Å². The zero-order chi connectivity index (χ0) is 29.7. The van der Waals surface area contributed by atoms with Crippen molar-refractivity contribution in [1.82, 2.24) is 24.3 Å². The minimum Gasteiger partial charge on any atom is -0.488 e. The molecule has 0 aliphatic carbocycles. The topological polar surface area (TPSA) is 101 Å². The molecule has 11 heteroatoms. The summed E-state index contributed by atoms with van der Waals surface area (Å²) in [7, 11) is 0. The normalized spacial score (nSPS) is 12.4. The maximum Gasteiger partial charge on any atom is 0.263 e. The van der Waals surface area contributed by atoms with Crippen molar-refractivity contribution in [3.63, 3.8) is 0 Å². The Kier molecular flexibility index (Phi) is 6.64. The van der Waals surface area contributed by atoms with E-state index in [-0.39, 0.29) is 28.7 Å². The molecule has 0 bridgehead atoms. The quantitative estimate of drug-likeness (QED) is 0.256. The molecule has 0 amide bonds. The van der Waals surface area contributed by atoms with Crippen LogP contribution in [-0.2, 0) is 0 Å². The molecule has 0 aliphatic rings. The second kappa shape index (κ2) is 10.3. The molecule has 42 heavy (non-hydrogen) atoms. The molecule has 0 fully saturated rings. The molecule has 3 aromatic heterocycles. The van der Waals surface area contributed by atoms with Crippen LogP contribution in [0.1, 0.15) is 32.5 Å². The summed E-state index contributed by atoms with van der Waals surface area (Å²) in [6, 6.07) is 15.0. The van der Waals surface area contributed by atoms with E-state index in [2.05, 4.69) is 9.97 Å². The van der Waals surface area contributed by atoms with Gasteiger partial charge in [-0.3, -0.25) is 9.36 Å². The Morgan fingerprint density at radius 2 is 1.69 bits per heavy atom. The van der Waals surface area contributed by atoms with Crippen LogP contribution in [0.2, 0.25) is 0 Å². The molecule has 6 rings (SSSR count). The Morgan fingerprint density at radius 3 is 2.43 bits per heavy atom. The Bertz CT molecular complexity index is 2050. The molecule has 3 aromatic carbocycles. The number of nitrogens with two attached hydrogens (primary N) is 1. The average molecular weight is 571 g/mol. The summed E-state index contributed by atoms with van der Waals surface area (Å²) >= 11 is 0. The zero-order valence-electron chi connectivity index (χ0n) is 22.8. The highest BCUT2D eigenvalue weighted by atomic mass is 19.1. The summed E-state index contributed by atoms with van der Waals surface area (Å²) in [4.78, 5) is 22.3.